The number of nitrogens with zero attached hydrogens (tertiary/aromatic N) is 3. The zero-order chi connectivity index (χ0) is 34.4. The van der Waals surface area contributed by atoms with Crippen LogP contribution >= 0.6 is 0 Å². The first kappa shape index (κ1) is 33.6. The molecule has 48 heavy (non-hydrogen) atoms. The van der Waals surface area contributed by atoms with E-state index in [2.05, 4.69) is 17.0 Å². The maximum Gasteiger partial charge on any atom is 0.335 e. The fourth-order valence-corrected chi connectivity index (χ4v) is 4.90. The highest BCUT2D eigenvalue weighted by Gasteiger charge is 2.28. The molecule has 0 bridgehead atoms. The number of hydrogen-bond donors (Lipinski definition) is 1. The molecular formula is C34H32F2N4O8. The molecule has 0 radical (unpaired) electrons. The van der Waals surface area contributed by atoms with Crippen molar-refractivity contribution in [3.8, 4) is 28.7 Å². The van der Waals surface area contributed by atoms with Gasteiger partial charge in [-0.3, -0.25) is 14.6 Å². The molecule has 0 aliphatic carbocycles. The molecule has 1 amide bonds. The number of amides is 1. The largest absolute Gasteiger partial charge is 0.489 e. The Morgan fingerprint density at radius 1 is 1.04 bits per heavy atom. The molecular weight excluding hydrogens is 630 g/mol. The molecule has 3 aromatic carbocycles. The van der Waals surface area contributed by atoms with Crippen molar-refractivity contribution in [2.24, 2.45) is 12.0 Å². The van der Waals surface area contributed by atoms with Crippen molar-refractivity contribution in [1.82, 2.24) is 9.13 Å². The Labute approximate surface area is 273 Å². The first-order valence-corrected chi connectivity index (χ1v) is 14.8. The number of anilines is 1. The summed E-state index contributed by atoms with van der Waals surface area (Å²) in [5.74, 6) is -1.26. The van der Waals surface area contributed by atoms with E-state index in [1.54, 1.807) is 26.2 Å². The SMILES string of the molecule is C=Nc1cc(OCCCOC)c2c(c1/C(=C\C)Oc1ccc(NC(=O)c3cn(C)c(=O)n(-c4ccc(F)cc4)c3=O)cc1F)OCCO2. The third kappa shape index (κ3) is 6.98. The molecule has 1 aliphatic heterocycles. The molecule has 250 valence electrons. The van der Waals surface area contributed by atoms with Crippen LogP contribution in [0.25, 0.3) is 11.4 Å². The summed E-state index contributed by atoms with van der Waals surface area (Å²) in [5.41, 5.74) is -1.29. The molecule has 1 aliphatic rings. The summed E-state index contributed by atoms with van der Waals surface area (Å²) in [7, 11) is 2.96. The third-order valence-electron chi connectivity index (χ3n) is 7.17. The molecule has 0 saturated heterocycles. The lowest BCUT2D eigenvalue weighted by Crippen LogP contribution is -2.41. The average molecular weight is 663 g/mol. The lowest BCUT2D eigenvalue weighted by atomic mass is 10.1. The number of benzene rings is 3. The van der Waals surface area contributed by atoms with E-state index in [0.717, 1.165) is 33.5 Å². The van der Waals surface area contributed by atoms with Crippen LogP contribution in [-0.4, -0.2) is 55.3 Å². The topological polar surface area (TPSA) is 132 Å². The van der Waals surface area contributed by atoms with Crippen LogP contribution in [0.2, 0.25) is 0 Å². The van der Waals surface area contributed by atoms with Crippen LogP contribution in [-0.2, 0) is 11.8 Å². The van der Waals surface area contributed by atoms with Crippen LogP contribution in [0.3, 0.4) is 0 Å². The highest BCUT2D eigenvalue weighted by Crippen LogP contribution is 2.50. The van der Waals surface area contributed by atoms with Gasteiger partial charge in [-0.15, -0.1) is 0 Å². The monoisotopic (exact) mass is 662 g/mol. The molecule has 0 spiro atoms. The van der Waals surface area contributed by atoms with Gasteiger partial charge in [0, 0.05) is 51.2 Å². The summed E-state index contributed by atoms with van der Waals surface area (Å²) >= 11 is 0. The van der Waals surface area contributed by atoms with Crippen LogP contribution in [0, 0.1) is 11.6 Å². The normalized spacial score (nSPS) is 12.4. The van der Waals surface area contributed by atoms with Crippen LogP contribution < -0.4 is 35.5 Å². The second-order valence-electron chi connectivity index (χ2n) is 10.4. The number of methoxy groups -OCH3 is 1. The fraction of sp³-hybridized carbons (Fsp3) is 0.235. The number of rotatable bonds is 12. The second-order valence-corrected chi connectivity index (χ2v) is 10.4. The van der Waals surface area contributed by atoms with Crippen molar-refractivity contribution in [2.45, 2.75) is 13.3 Å². The Balaban J connectivity index is 1.40. The molecule has 5 rings (SSSR count). The molecule has 1 N–H and O–H groups in total. The minimum absolute atomic E-state index is 0.00555. The van der Waals surface area contributed by atoms with Crippen molar-refractivity contribution in [3.05, 3.63) is 104 Å². The van der Waals surface area contributed by atoms with E-state index in [1.165, 1.54) is 31.3 Å². The predicted molar refractivity (Wildman–Crippen MR) is 174 cm³/mol. The van der Waals surface area contributed by atoms with Gasteiger partial charge in [-0.1, -0.05) is 0 Å². The van der Waals surface area contributed by atoms with Gasteiger partial charge in [0.05, 0.1) is 23.5 Å². The van der Waals surface area contributed by atoms with Gasteiger partial charge in [0.2, 0.25) is 5.75 Å². The van der Waals surface area contributed by atoms with Crippen LogP contribution in [0.5, 0.6) is 23.0 Å². The van der Waals surface area contributed by atoms with Gasteiger partial charge in [-0.05, 0) is 56.1 Å². The molecule has 14 heteroatoms. The standard InChI is InChI=1S/C34H32F2N4O8/c1-5-26(29-25(37-2)18-28(45-14-6-13-44-4)30-31(29)47-16-15-46-30)48-27-12-9-21(17-24(27)36)38-32(41)23-19-39(3)34(43)40(33(23)42)22-10-7-20(35)8-11-22/h5,7-12,17-19H,2,6,13-16H2,1,3-4H3,(H,38,41)/b26-5+. The number of allylic oxidation sites excluding steroid dienone is 1. The van der Waals surface area contributed by atoms with Crippen molar-refractivity contribution < 1.29 is 37.3 Å². The number of halogens is 2. The molecule has 2 heterocycles. The van der Waals surface area contributed by atoms with Gasteiger partial charge in [-0.2, -0.15) is 0 Å². The maximum absolute atomic E-state index is 15.5. The number of carbonyl (C=O) groups is 1. The lowest BCUT2D eigenvalue weighted by Gasteiger charge is -2.25. The average Bonchev–Trinajstić information content (AvgIpc) is 3.08. The number of fused-ring (bicyclic) bond motifs is 1. The quantitative estimate of drug-likeness (QED) is 0.127. The number of aromatic nitrogens is 2. The zero-order valence-corrected chi connectivity index (χ0v) is 26.4. The fourth-order valence-electron chi connectivity index (χ4n) is 4.90. The number of ether oxygens (including phenoxy) is 5. The second kappa shape index (κ2) is 14.8. The predicted octanol–water partition coefficient (Wildman–Crippen LogP) is 5.03. The van der Waals surface area contributed by atoms with E-state index < -0.39 is 34.4 Å². The van der Waals surface area contributed by atoms with Gasteiger partial charge in [0.15, 0.2) is 23.1 Å². The van der Waals surface area contributed by atoms with Crippen molar-refractivity contribution in [1.29, 1.82) is 0 Å². The van der Waals surface area contributed by atoms with Gasteiger partial charge in [0.1, 0.15) is 30.4 Å². The molecule has 0 fully saturated rings. The molecule has 1 aromatic heterocycles. The third-order valence-corrected chi connectivity index (χ3v) is 7.17. The Hall–Kier alpha value is -5.76. The lowest BCUT2D eigenvalue weighted by molar-refractivity contribution is 0.102. The smallest absolute Gasteiger partial charge is 0.335 e. The Kier molecular flexibility index (Phi) is 10.3. The molecule has 0 unspecified atom stereocenters. The highest BCUT2D eigenvalue weighted by molar-refractivity contribution is 6.03. The van der Waals surface area contributed by atoms with E-state index in [9.17, 15) is 18.8 Å². The van der Waals surface area contributed by atoms with Crippen molar-refractivity contribution in [3.63, 3.8) is 0 Å². The maximum atomic E-state index is 15.5. The minimum Gasteiger partial charge on any atom is -0.489 e. The number of aryl methyl sites for hydroxylation is 1. The van der Waals surface area contributed by atoms with E-state index in [4.69, 9.17) is 23.7 Å². The molecule has 0 atom stereocenters. The van der Waals surface area contributed by atoms with E-state index in [0.29, 0.717) is 48.1 Å². The zero-order valence-electron chi connectivity index (χ0n) is 26.4. The van der Waals surface area contributed by atoms with E-state index in [1.807, 2.05) is 0 Å². The highest BCUT2D eigenvalue weighted by atomic mass is 19.1. The van der Waals surface area contributed by atoms with Crippen molar-refractivity contribution >= 4 is 29.8 Å². The van der Waals surface area contributed by atoms with E-state index in [-0.39, 0.29) is 36.1 Å². The first-order chi connectivity index (χ1) is 23.2. The summed E-state index contributed by atoms with van der Waals surface area (Å²) in [6, 6.07) is 9.96. The number of aliphatic imine (C=N–C) groups is 1. The van der Waals surface area contributed by atoms with Crippen LogP contribution in [0.4, 0.5) is 20.2 Å². The summed E-state index contributed by atoms with van der Waals surface area (Å²) in [5, 5.41) is 2.47. The van der Waals surface area contributed by atoms with Gasteiger partial charge in [-0.25, -0.2) is 18.1 Å². The Morgan fingerprint density at radius 3 is 2.44 bits per heavy atom. The summed E-state index contributed by atoms with van der Waals surface area (Å²) in [4.78, 5) is 43.2. The van der Waals surface area contributed by atoms with Gasteiger partial charge < -0.3 is 33.6 Å². The van der Waals surface area contributed by atoms with Gasteiger partial charge >= 0.3 is 5.69 Å². The number of carbonyl (C=O) groups excluding carboxylic acids is 1. The Bertz CT molecular complexity index is 2000. The van der Waals surface area contributed by atoms with Crippen molar-refractivity contribution in [2.75, 3.05) is 38.9 Å². The summed E-state index contributed by atoms with van der Waals surface area (Å²) in [6.07, 6.45) is 3.31. The summed E-state index contributed by atoms with van der Waals surface area (Å²) < 4.78 is 59.4. The number of hydrogen-bond acceptors (Lipinski definition) is 9. The minimum atomic E-state index is -0.937. The molecule has 0 saturated carbocycles. The van der Waals surface area contributed by atoms with Crippen LogP contribution in [0.15, 0.2) is 75.4 Å². The molecule has 12 nitrogen and oxygen atoms in total. The first-order valence-electron chi connectivity index (χ1n) is 14.8. The van der Waals surface area contributed by atoms with Gasteiger partial charge in [0.25, 0.3) is 11.5 Å². The van der Waals surface area contributed by atoms with E-state index >= 15 is 4.39 Å². The Morgan fingerprint density at radius 2 is 1.77 bits per heavy atom. The summed E-state index contributed by atoms with van der Waals surface area (Å²) in [6.45, 7) is 6.75. The number of nitrogens with one attached hydrogen (secondary N) is 1. The molecule has 4 aromatic rings. The van der Waals surface area contributed by atoms with Crippen LogP contribution in [0.1, 0.15) is 29.3 Å².